The van der Waals surface area contributed by atoms with Crippen molar-refractivity contribution < 1.29 is 12.8 Å². The number of furan rings is 1. The molecule has 0 spiro atoms. The van der Waals surface area contributed by atoms with Crippen molar-refractivity contribution in [2.75, 3.05) is 12.8 Å². The van der Waals surface area contributed by atoms with E-state index in [0.29, 0.717) is 17.0 Å². The molecule has 0 amide bonds. The molecule has 0 fully saturated rings. The van der Waals surface area contributed by atoms with Gasteiger partial charge in [-0.2, -0.15) is 4.31 Å². The van der Waals surface area contributed by atoms with Crippen LogP contribution in [0.2, 0.25) is 0 Å². The summed E-state index contributed by atoms with van der Waals surface area (Å²) in [6.45, 7) is 1.88. The van der Waals surface area contributed by atoms with E-state index in [1.165, 1.54) is 17.6 Å². The van der Waals surface area contributed by atoms with Gasteiger partial charge >= 0.3 is 0 Å². The van der Waals surface area contributed by atoms with E-state index < -0.39 is 10.0 Å². The molecule has 5 nitrogen and oxygen atoms in total. The van der Waals surface area contributed by atoms with Gasteiger partial charge in [-0.3, -0.25) is 0 Å². The van der Waals surface area contributed by atoms with Gasteiger partial charge in [-0.1, -0.05) is 6.07 Å². The summed E-state index contributed by atoms with van der Waals surface area (Å²) in [6, 6.07) is 8.33. The van der Waals surface area contributed by atoms with Crippen LogP contribution >= 0.6 is 0 Å². The quantitative estimate of drug-likeness (QED) is 0.869. The maximum atomic E-state index is 12.5. The lowest BCUT2D eigenvalue weighted by Crippen LogP contribution is -2.27. The molecule has 0 radical (unpaired) electrons. The second kappa shape index (κ2) is 5.07. The molecule has 6 heteroatoms. The Morgan fingerprint density at radius 2 is 2.00 bits per heavy atom. The Bertz CT molecular complexity index is 663. The summed E-state index contributed by atoms with van der Waals surface area (Å²) in [4.78, 5) is 0.224. The Morgan fingerprint density at radius 3 is 2.63 bits per heavy atom. The molecule has 0 unspecified atom stereocenters. The van der Waals surface area contributed by atoms with Crippen LogP contribution in [0.25, 0.3) is 0 Å². The summed E-state index contributed by atoms with van der Waals surface area (Å²) in [5.41, 5.74) is 6.78. The highest BCUT2D eigenvalue weighted by Gasteiger charge is 2.24. The molecule has 2 aromatic rings. The molecule has 0 saturated carbocycles. The Balaban J connectivity index is 2.34. The fourth-order valence-corrected chi connectivity index (χ4v) is 3.17. The summed E-state index contributed by atoms with van der Waals surface area (Å²) in [7, 11) is -2.06. The second-order valence-corrected chi connectivity index (χ2v) is 6.32. The van der Waals surface area contributed by atoms with E-state index in [2.05, 4.69) is 0 Å². The molecule has 0 aliphatic rings. The maximum absolute atomic E-state index is 12.5. The fourth-order valence-electron chi connectivity index (χ4n) is 1.79. The third-order valence-electron chi connectivity index (χ3n) is 2.97. The van der Waals surface area contributed by atoms with Gasteiger partial charge in [0.05, 0.1) is 17.7 Å². The van der Waals surface area contributed by atoms with Crippen LogP contribution in [-0.4, -0.2) is 19.8 Å². The van der Waals surface area contributed by atoms with E-state index >= 15 is 0 Å². The molecule has 0 bridgehead atoms. The molecule has 0 atom stereocenters. The lowest BCUT2D eigenvalue weighted by Gasteiger charge is -2.18. The zero-order valence-corrected chi connectivity index (χ0v) is 11.6. The Morgan fingerprint density at radius 1 is 1.26 bits per heavy atom. The molecule has 1 aromatic heterocycles. The molecule has 1 heterocycles. The minimum Gasteiger partial charge on any atom is -0.468 e. The van der Waals surface area contributed by atoms with E-state index in [9.17, 15) is 8.42 Å². The summed E-state index contributed by atoms with van der Waals surface area (Å²) >= 11 is 0. The topological polar surface area (TPSA) is 76.5 Å². The molecular formula is C13H16N2O3S. The van der Waals surface area contributed by atoms with Crippen molar-refractivity contribution in [3.63, 3.8) is 0 Å². The van der Waals surface area contributed by atoms with Crippen LogP contribution in [0.4, 0.5) is 5.69 Å². The van der Waals surface area contributed by atoms with Crippen molar-refractivity contribution in [3.05, 3.63) is 47.9 Å². The smallest absolute Gasteiger partial charge is 0.243 e. The van der Waals surface area contributed by atoms with Crippen LogP contribution < -0.4 is 5.73 Å². The molecule has 0 saturated heterocycles. The number of anilines is 1. The number of nitrogen functional groups attached to an aromatic ring is 1. The van der Waals surface area contributed by atoms with E-state index in [0.717, 1.165) is 0 Å². The first-order valence-corrected chi connectivity index (χ1v) is 7.20. The third kappa shape index (κ3) is 2.64. The van der Waals surface area contributed by atoms with Gasteiger partial charge in [-0.25, -0.2) is 8.42 Å². The number of nitrogens with zero attached hydrogens (tertiary/aromatic N) is 1. The minimum atomic E-state index is -3.57. The molecule has 19 heavy (non-hydrogen) atoms. The van der Waals surface area contributed by atoms with Crippen molar-refractivity contribution in [1.29, 1.82) is 0 Å². The number of hydrogen-bond donors (Lipinski definition) is 1. The van der Waals surface area contributed by atoms with Gasteiger partial charge in [-0.05, 0) is 36.8 Å². The zero-order chi connectivity index (χ0) is 14.0. The van der Waals surface area contributed by atoms with Gasteiger partial charge in [0.25, 0.3) is 0 Å². The van der Waals surface area contributed by atoms with Gasteiger partial charge in [-0.15, -0.1) is 0 Å². The molecule has 0 aliphatic heterocycles. The van der Waals surface area contributed by atoms with Crippen molar-refractivity contribution in [3.8, 4) is 0 Å². The van der Waals surface area contributed by atoms with Crippen molar-refractivity contribution in [2.24, 2.45) is 0 Å². The molecule has 102 valence electrons. The summed E-state index contributed by atoms with van der Waals surface area (Å²) in [6.07, 6.45) is 1.52. The Hall–Kier alpha value is -1.79. The zero-order valence-electron chi connectivity index (χ0n) is 10.8. The Kier molecular flexibility index (Phi) is 3.64. The first kappa shape index (κ1) is 13.6. The molecule has 1 aromatic carbocycles. The van der Waals surface area contributed by atoms with Gasteiger partial charge < -0.3 is 10.2 Å². The highest BCUT2D eigenvalue weighted by atomic mass is 32.2. The predicted octanol–water partition coefficient (Wildman–Crippen LogP) is 1.99. The van der Waals surface area contributed by atoms with E-state index in [1.54, 1.807) is 37.3 Å². The number of nitrogens with two attached hydrogens (primary N) is 1. The lowest BCUT2D eigenvalue weighted by atomic mass is 10.2. The predicted molar refractivity (Wildman–Crippen MR) is 73.0 cm³/mol. The number of sulfonamides is 1. The van der Waals surface area contributed by atoms with Crippen LogP contribution in [-0.2, 0) is 16.6 Å². The Labute approximate surface area is 112 Å². The number of benzene rings is 1. The summed E-state index contributed by atoms with van der Waals surface area (Å²) in [5.74, 6) is 0.590. The van der Waals surface area contributed by atoms with Crippen molar-refractivity contribution in [2.45, 2.75) is 18.4 Å². The van der Waals surface area contributed by atoms with Crippen LogP contribution in [0.1, 0.15) is 11.3 Å². The van der Waals surface area contributed by atoms with Crippen LogP contribution in [0.5, 0.6) is 0 Å². The maximum Gasteiger partial charge on any atom is 0.243 e. The number of hydrogen-bond acceptors (Lipinski definition) is 4. The van der Waals surface area contributed by atoms with Crippen molar-refractivity contribution in [1.82, 2.24) is 4.31 Å². The highest BCUT2D eigenvalue weighted by molar-refractivity contribution is 7.89. The van der Waals surface area contributed by atoms with Gasteiger partial charge in [0, 0.05) is 12.7 Å². The second-order valence-electron chi connectivity index (χ2n) is 4.31. The van der Waals surface area contributed by atoms with Gasteiger partial charge in [0.15, 0.2) is 0 Å². The average Bonchev–Trinajstić information content (AvgIpc) is 2.85. The first-order valence-electron chi connectivity index (χ1n) is 5.76. The fraction of sp³-hybridized carbons (Fsp3) is 0.231. The van der Waals surface area contributed by atoms with E-state index in [1.807, 2.05) is 0 Å². The van der Waals surface area contributed by atoms with Crippen LogP contribution in [0.3, 0.4) is 0 Å². The normalized spacial score (nSPS) is 11.9. The van der Waals surface area contributed by atoms with Crippen LogP contribution in [0, 0.1) is 6.92 Å². The van der Waals surface area contributed by atoms with E-state index in [-0.39, 0.29) is 11.4 Å². The first-order chi connectivity index (χ1) is 8.93. The third-order valence-corrected chi connectivity index (χ3v) is 4.92. The van der Waals surface area contributed by atoms with Gasteiger partial charge in [0.1, 0.15) is 5.76 Å². The SMILES string of the molecule is Cc1c(N)cccc1S(=O)(=O)N(C)Cc1ccco1. The van der Waals surface area contributed by atoms with Crippen molar-refractivity contribution >= 4 is 15.7 Å². The highest BCUT2D eigenvalue weighted by Crippen LogP contribution is 2.24. The monoisotopic (exact) mass is 280 g/mol. The number of rotatable bonds is 4. The molecule has 0 aliphatic carbocycles. The lowest BCUT2D eigenvalue weighted by molar-refractivity contribution is 0.406. The standard InChI is InChI=1S/C13H16N2O3S/c1-10-12(14)6-3-7-13(10)19(16,17)15(2)9-11-5-4-8-18-11/h3-8H,9,14H2,1-2H3. The molecule has 2 N–H and O–H groups in total. The molecular weight excluding hydrogens is 264 g/mol. The minimum absolute atomic E-state index is 0.184. The van der Waals surface area contributed by atoms with Gasteiger partial charge in [0.2, 0.25) is 10.0 Å². The average molecular weight is 280 g/mol. The summed E-state index contributed by atoms with van der Waals surface area (Å²) in [5, 5.41) is 0. The largest absolute Gasteiger partial charge is 0.468 e. The van der Waals surface area contributed by atoms with E-state index in [4.69, 9.17) is 10.2 Å². The molecule has 2 rings (SSSR count). The van der Waals surface area contributed by atoms with Crippen LogP contribution in [0.15, 0.2) is 45.9 Å². The summed E-state index contributed by atoms with van der Waals surface area (Å²) < 4.78 is 31.3.